The minimum absolute atomic E-state index is 0.871. The van der Waals surface area contributed by atoms with Crippen LogP contribution < -0.4 is 0 Å². The summed E-state index contributed by atoms with van der Waals surface area (Å²) in [5.74, 6) is 3.34. The molecule has 0 N–H and O–H groups in total. The van der Waals surface area contributed by atoms with E-state index in [1.54, 1.807) is 0 Å². The van der Waals surface area contributed by atoms with Crippen molar-refractivity contribution in [2.75, 3.05) is 17.3 Å². The Bertz CT molecular complexity index is 89.6. The minimum atomic E-state index is 0.871. The third-order valence-electron chi connectivity index (χ3n) is 1.38. The van der Waals surface area contributed by atoms with E-state index in [9.17, 15) is 0 Å². The van der Waals surface area contributed by atoms with Crippen molar-refractivity contribution in [2.24, 2.45) is 0 Å². The zero-order valence-electron chi connectivity index (χ0n) is 7.25. The van der Waals surface area contributed by atoms with Crippen LogP contribution in [0, 0.1) is 0 Å². The van der Waals surface area contributed by atoms with Crippen LogP contribution in [0.5, 0.6) is 0 Å². The van der Waals surface area contributed by atoms with E-state index < -0.39 is 0 Å². The lowest BCUT2D eigenvalue weighted by Gasteiger charge is -1.95. The second kappa shape index (κ2) is 10.4. The van der Waals surface area contributed by atoms with Crippen molar-refractivity contribution in [3.63, 3.8) is 0 Å². The van der Waals surface area contributed by atoms with Crippen LogP contribution in [0.2, 0.25) is 0 Å². The van der Waals surface area contributed by atoms with E-state index >= 15 is 0 Å². The van der Waals surface area contributed by atoms with E-state index in [1.807, 2.05) is 11.8 Å². The molecule has 0 radical (unpaired) electrons. The lowest BCUT2D eigenvalue weighted by molar-refractivity contribution is 0.779. The highest BCUT2D eigenvalue weighted by Gasteiger charge is 1.85. The van der Waals surface area contributed by atoms with Gasteiger partial charge in [-0.25, -0.2) is 0 Å². The Morgan fingerprint density at radius 1 is 1.27 bits per heavy atom. The summed E-state index contributed by atoms with van der Waals surface area (Å²) < 4.78 is 0. The zero-order valence-corrected chi connectivity index (χ0v) is 8.96. The fourth-order valence-corrected chi connectivity index (χ4v) is 1.74. The summed E-state index contributed by atoms with van der Waals surface area (Å²) in [6, 6.07) is 0. The summed E-state index contributed by atoms with van der Waals surface area (Å²) in [6.07, 6.45) is 8.38. The predicted octanol–water partition coefficient (Wildman–Crippen LogP) is 3.40. The van der Waals surface area contributed by atoms with E-state index in [4.69, 9.17) is 0 Å². The van der Waals surface area contributed by atoms with Gasteiger partial charge >= 0.3 is 0 Å². The Morgan fingerprint density at radius 3 is 2.73 bits per heavy atom. The molecule has 0 saturated carbocycles. The molecular weight excluding hydrogens is 172 g/mol. The average molecular weight is 190 g/mol. The van der Waals surface area contributed by atoms with Crippen molar-refractivity contribution in [1.29, 1.82) is 0 Å². The van der Waals surface area contributed by atoms with E-state index in [2.05, 4.69) is 31.7 Å². The van der Waals surface area contributed by atoms with Gasteiger partial charge in [0.25, 0.3) is 0 Å². The molecule has 66 valence electrons. The number of thiol groups is 1. The average Bonchev–Trinajstić information content (AvgIpc) is 2.03. The molecule has 0 nitrogen and oxygen atoms in total. The third kappa shape index (κ3) is 10.4. The Labute approximate surface area is 80.2 Å². The third-order valence-corrected chi connectivity index (χ3v) is 2.59. The van der Waals surface area contributed by atoms with Gasteiger partial charge in [-0.1, -0.05) is 31.9 Å². The second-order valence-electron chi connectivity index (χ2n) is 2.44. The van der Waals surface area contributed by atoms with Crippen LogP contribution in [-0.2, 0) is 0 Å². The highest BCUT2D eigenvalue weighted by atomic mass is 32.2. The van der Waals surface area contributed by atoms with E-state index in [0.717, 1.165) is 11.5 Å². The first-order chi connectivity index (χ1) is 5.41. The molecule has 0 fully saturated rings. The molecule has 0 heterocycles. The predicted molar refractivity (Wildman–Crippen MR) is 59.8 cm³/mol. The number of unbranched alkanes of at least 4 members (excludes halogenated alkanes) is 2. The molecule has 0 aromatic heterocycles. The van der Waals surface area contributed by atoms with Crippen LogP contribution in [0.15, 0.2) is 12.2 Å². The summed E-state index contributed by atoms with van der Waals surface area (Å²) in [7, 11) is 0. The molecule has 0 atom stereocenters. The Kier molecular flexibility index (Phi) is 10.9. The quantitative estimate of drug-likeness (QED) is 0.365. The standard InChI is InChI=1S/C9H18S2/c1-2-3-5-8-11-9-6-4-7-10/h4,6,10H,2-3,5,7-9H2,1H3/b6-4+. The highest BCUT2D eigenvalue weighted by molar-refractivity contribution is 7.99. The molecular formula is C9H18S2. The summed E-state index contributed by atoms with van der Waals surface area (Å²) in [4.78, 5) is 0. The maximum absolute atomic E-state index is 4.08. The van der Waals surface area contributed by atoms with Crippen LogP contribution in [0.3, 0.4) is 0 Å². The van der Waals surface area contributed by atoms with Gasteiger partial charge in [0.2, 0.25) is 0 Å². The van der Waals surface area contributed by atoms with Crippen LogP contribution in [0.1, 0.15) is 26.2 Å². The summed E-state index contributed by atoms with van der Waals surface area (Å²) in [5.41, 5.74) is 0. The van der Waals surface area contributed by atoms with Crippen molar-refractivity contribution in [3.8, 4) is 0 Å². The molecule has 0 unspecified atom stereocenters. The Hall–Kier alpha value is 0.440. The molecule has 0 saturated heterocycles. The van der Waals surface area contributed by atoms with Gasteiger partial charge in [-0.15, -0.1) is 0 Å². The van der Waals surface area contributed by atoms with Gasteiger partial charge in [0.05, 0.1) is 0 Å². The number of rotatable bonds is 7. The molecule has 0 aromatic rings. The van der Waals surface area contributed by atoms with Crippen molar-refractivity contribution in [2.45, 2.75) is 26.2 Å². The van der Waals surface area contributed by atoms with Crippen LogP contribution in [-0.4, -0.2) is 17.3 Å². The molecule has 0 aliphatic heterocycles. The number of thioether (sulfide) groups is 1. The van der Waals surface area contributed by atoms with E-state index in [-0.39, 0.29) is 0 Å². The van der Waals surface area contributed by atoms with Crippen molar-refractivity contribution < 1.29 is 0 Å². The first-order valence-corrected chi connectivity index (χ1v) is 6.04. The Balaban J connectivity index is 2.85. The molecule has 0 aromatic carbocycles. The van der Waals surface area contributed by atoms with Crippen molar-refractivity contribution in [1.82, 2.24) is 0 Å². The molecule has 0 aliphatic carbocycles. The lowest BCUT2D eigenvalue weighted by Crippen LogP contribution is -1.80. The van der Waals surface area contributed by atoms with Crippen molar-refractivity contribution in [3.05, 3.63) is 12.2 Å². The normalized spacial score (nSPS) is 11.1. The molecule has 0 amide bonds. The van der Waals surface area contributed by atoms with Gasteiger partial charge in [0.15, 0.2) is 0 Å². The van der Waals surface area contributed by atoms with Crippen LogP contribution in [0.25, 0.3) is 0 Å². The van der Waals surface area contributed by atoms with Gasteiger partial charge in [-0.3, -0.25) is 0 Å². The van der Waals surface area contributed by atoms with Crippen LogP contribution in [0.4, 0.5) is 0 Å². The molecule has 0 spiro atoms. The number of hydrogen-bond acceptors (Lipinski definition) is 2. The van der Waals surface area contributed by atoms with Crippen LogP contribution >= 0.6 is 24.4 Å². The first-order valence-electron chi connectivity index (χ1n) is 4.25. The fraction of sp³-hybridized carbons (Fsp3) is 0.778. The molecule has 0 aliphatic rings. The highest BCUT2D eigenvalue weighted by Crippen LogP contribution is 2.05. The lowest BCUT2D eigenvalue weighted by atomic mass is 10.3. The fourth-order valence-electron chi connectivity index (χ4n) is 0.748. The SMILES string of the molecule is CCCCCSC/C=C/CS. The summed E-state index contributed by atoms with van der Waals surface area (Å²) in [6.45, 7) is 2.24. The summed E-state index contributed by atoms with van der Waals surface area (Å²) >= 11 is 6.10. The van der Waals surface area contributed by atoms with Gasteiger partial charge in [0, 0.05) is 11.5 Å². The Morgan fingerprint density at radius 2 is 2.09 bits per heavy atom. The molecule has 0 bridgehead atoms. The maximum atomic E-state index is 4.08. The molecule has 11 heavy (non-hydrogen) atoms. The summed E-state index contributed by atoms with van der Waals surface area (Å²) in [5, 5.41) is 0. The van der Waals surface area contributed by atoms with Gasteiger partial charge < -0.3 is 0 Å². The topological polar surface area (TPSA) is 0 Å². The maximum Gasteiger partial charge on any atom is 0.0113 e. The van der Waals surface area contributed by atoms with Crippen molar-refractivity contribution >= 4 is 24.4 Å². The van der Waals surface area contributed by atoms with Gasteiger partial charge in [0.1, 0.15) is 0 Å². The van der Waals surface area contributed by atoms with E-state index in [1.165, 1.54) is 25.0 Å². The van der Waals surface area contributed by atoms with Gasteiger partial charge in [-0.05, 0) is 12.2 Å². The monoisotopic (exact) mass is 190 g/mol. The molecule has 2 heteroatoms. The minimum Gasteiger partial charge on any atom is -0.175 e. The molecule has 0 rings (SSSR count). The first kappa shape index (κ1) is 11.4. The zero-order chi connectivity index (χ0) is 8.36. The van der Waals surface area contributed by atoms with Gasteiger partial charge in [-0.2, -0.15) is 24.4 Å². The van der Waals surface area contributed by atoms with E-state index in [0.29, 0.717) is 0 Å². The second-order valence-corrected chi connectivity index (χ2v) is 3.95. The number of hydrogen-bond donors (Lipinski definition) is 1. The largest absolute Gasteiger partial charge is 0.175 e. The smallest absolute Gasteiger partial charge is 0.0113 e.